The van der Waals surface area contributed by atoms with Crippen molar-refractivity contribution >= 4 is 32.3 Å². The molecule has 0 spiro atoms. The van der Waals surface area contributed by atoms with E-state index in [0.717, 1.165) is 0 Å². The number of hydrogen-bond acceptors (Lipinski definition) is 0. The molecule has 0 heteroatoms. The maximum Gasteiger partial charge on any atom is -0.00212 e. The molecule has 26 heavy (non-hydrogen) atoms. The Hall–Kier alpha value is -2.08. The normalized spacial score (nSPS) is 12.0. The van der Waals surface area contributed by atoms with Crippen molar-refractivity contribution in [3.63, 3.8) is 0 Å². The summed E-state index contributed by atoms with van der Waals surface area (Å²) in [4.78, 5) is 0. The first-order valence-corrected chi connectivity index (χ1v) is 10.4. The molecule has 0 fully saturated rings. The zero-order valence-corrected chi connectivity index (χ0v) is 16.5. The molecule has 4 rings (SSSR count). The van der Waals surface area contributed by atoms with E-state index >= 15 is 0 Å². The van der Waals surface area contributed by atoms with Crippen LogP contribution in [0.5, 0.6) is 0 Å². The van der Waals surface area contributed by atoms with Gasteiger partial charge in [0, 0.05) is 0 Å². The van der Waals surface area contributed by atoms with Crippen molar-refractivity contribution in [2.75, 3.05) is 0 Å². The molecule has 4 aromatic carbocycles. The van der Waals surface area contributed by atoms with Crippen molar-refractivity contribution in [3.8, 4) is 0 Å². The molecule has 0 aliphatic rings. The molecule has 0 aromatic heterocycles. The topological polar surface area (TPSA) is 0 Å². The molecule has 0 atom stereocenters. The Kier molecular flexibility index (Phi) is 4.85. The van der Waals surface area contributed by atoms with Gasteiger partial charge in [-0.25, -0.2) is 0 Å². The zero-order valence-electron chi connectivity index (χ0n) is 16.5. The lowest BCUT2D eigenvalue weighted by atomic mass is 9.85. The van der Waals surface area contributed by atoms with Crippen molar-refractivity contribution in [3.05, 3.63) is 59.2 Å². The van der Waals surface area contributed by atoms with E-state index in [9.17, 15) is 0 Å². The number of benzene rings is 4. The Morgan fingerprint density at radius 1 is 0.615 bits per heavy atom. The third-order valence-corrected chi connectivity index (χ3v) is 6.30. The predicted molar refractivity (Wildman–Crippen MR) is 117 cm³/mol. The molecule has 0 aliphatic carbocycles. The van der Waals surface area contributed by atoms with Gasteiger partial charge in [-0.15, -0.1) is 0 Å². The average Bonchev–Trinajstić information content (AvgIpc) is 2.67. The SMILES string of the molecule is CCCCCCCCc1c(C)c(C)c2ccc3cccc4ccc1c2c34. The second-order valence-electron chi connectivity index (χ2n) is 7.93. The molecular weight excluding hydrogens is 312 g/mol. The molecule has 0 amide bonds. The first-order chi connectivity index (χ1) is 12.7. The van der Waals surface area contributed by atoms with Crippen LogP contribution in [0.25, 0.3) is 32.3 Å². The minimum Gasteiger partial charge on any atom is -0.0654 e. The van der Waals surface area contributed by atoms with E-state index in [0.29, 0.717) is 0 Å². The molecule has 0 nitrogen and oxygen atoms in total. The van der Waals surface area contributed by atoms with Gasteiger partial charge in [0.25, 0.3) is 0 Å². The molecule has 0 bridgehead atoms. The Morgan fingerprint density at radius 3 is 2.00 bits per heavy atom. The standard InChI is InChI=1S/C26H30/c1-4-5-6-7-8-9-13-22-18(2)19(3)23-16-14-20-11-10-12-21-15-17-24(22)26(23)25(20)21/h10-12,14-17H,4-9,13H2,1-3H3. The quantitative estimate of drug-likeness (QED) is 0.235. The highest BCUT2D eigenvalue weighted by molar-refractivity contribution is 6.24. The number of aryl methyl sites for hydroxylation is 2. The van der Waals surface area contributed by atoms with Crippen molar-refractivity contribution < 1.29 is 0 Å². The van der Waals surface area contributed by atoms with Crippen LogP contribution in [-0.2, 0) is 6.42 Å². The second kappa shape index (κ2) is 7.27. The molecule has 4 aromatic rings. The predicted octanol–water partition coefficient (Wildman–Crippen LogP) is 8.10. The molecule has 0 saturated heterocycles. The largest absolute Gasteiger partial charge is 0.0654 e. The summed E-state index contributed by atoms with van der Waals surface area (Å²) in [5.74, 6) is 0. The van der Waals surface area contributed by atoms with Gasteiger partial charge in [0.1, 0.15) is 0 Å². The van der Waals surface area contributed by atoms with E-state index in [4.69, 9.17) is 0 Å². The highest BCUT2D eigenvalue weighted by atomic mass is 14.2. The number of unbranched alkanes of at least 4 members (excludes halogenated alkanes) is 5. The molecule has 0 radical (unpaired) electrons. The van der Waals surface area contributed by atoms with Crippen LogP contribution < -0.4 is 0 Å². The lowest BCUT2D eigenvalue weighted by Crippen LogP contribution is -1.98. The fourth-order valence-corrected chi connectivity index (χ4v) is 4.68. The molecule has 0 unspecified atom stereocenters. The van der Waals surface area contributed by atoms with Crippen molar-refractivity contribution in [2.24, 2.45) is 0 Å². The minimum atomic E-state index is 1.22. The third-order valence-electron chi connectivity index (χ3n) is 6.30. The Bertz CT molecular complexity index is 1020. The number of rotatable bonds is 7. The van der Waals surface area contributed by atoms with Crippen molar-refractivity contribution in [1.82, 2.24) is 0 Å². The number of hydrogen-bond donors (Lipinski definition) is 0. The van der Waals surface area contributed by atoms with E-state index in [1.807, 2.05) is 0 Å². The van der Waals surface area contributed by atoms with Crippen LogP contribution in [0.15, 0.2) is 42.5 Å². The van der Waals surface area contributed by atoms with Gasteiger partial charge in [-0.3, -0.25) is 0 Å². The molecule has 0 aliphatic heterocycles. The monoisotopic (exact) mass is 342 g/mol. The summed E-state index contributed by atoms with van der Waals surface area (Å²) < 4.78 is 0. The fraction of sp³-hybridized carbons (Fsp3) is 0.385. The van der Waals surface area contributed by atoms with E-state index in [1.54, 1.807) is 5.56 Å². The van der Waals surface area contributed by atoms with Crippen molar-refractivity contribution in [1.29, 1.82) is 0 Å². The minimum absolute atomic E-state index is 1.22. The van der Waals surface area contributed by atoms with Crippen LogP contribution in [0.4, 0.5) is 0 Å². The summed E-state index contributed by atoms with van der Waals surface area (Å²) >= 11 is 0. The van der Waals surface area contributed by atoms with Crippen molar-refractivity contribution in [2.45, 2.75) is 65.7 Å². The summed E-state index contributed by atoms with van der Waals surface area (Å²) in [7, 11) is 0. The molecule has 0 N–H and O–H groups in total. The van der Waals surface area contributed by atoms with Crippen LogP contribution in [0.2, 0.25) is 0 Å². The summed E-state index contributed by atoms with van der Waals surface area (Å²) in [6.07, 6.45) is 9.39. The summed E-state index contributed by atoms with van der Waals surface area (Å²) in [6, 6.07) is 16.0. The van der Waals surface area contributed by atoms with Gasteiger partial charge in [0.2, 0.25) is 0 Å². The lowest BCUT2D eigenvalue weighted by Gasteiger charge is -2.19. The molecule has 0 heterocycles. The fourth-order valence-electron chi connectivity index (χ4n) is 4.68. The zero-order chi connectivity index (χ0) is 18.1. The van der Waals surface area contributed by atoms with E-state index in [1.165, 1.54) is 88.4 Å². The van der Waals surface area contributed by atoms with E-state index in [-0.39, 0.29) is 0 Å². The molecular formula is C26H30. The summed E-state index contributed by atoms with van der Waals surface area (Å²) in [5.41, 5.74) is 4.56. The second-order valence-corrected chi connectivity index (χ2v) is 7.93. The summed E-state index contributed by atoms with van der Waals surface area (Å²) in [5, 5.41) is 8.61. The third kappa shape index (κ3) is 2.86. The molecule has 134 valence electrons. The van der Waals surface area contributed by atoms with E-state index in [2.05, 4.69) is 63.2 Å². The smallest absolute Gasteiger partial charge is 0.00212 e. The van der Waals surface area contributed by atoms with Crippen LogP contribution in [0.3, 0.4) is 0 Å². The first kappa shape index (κ1) is 17.3. The van der Waals surface area contributed by atoms with Gasteiger partial charge in [-0.1, -0.05) is 81.5 Å². The Labute approximate surface area is 157 Å². The highest BCUT2D eigenvalue weighted by Crippen LogP contribution is 2.39. The van der Waals surface area contributed by atoms with Gasteiger partial charge in [0.15, 0.2) is 0 Å². The lowest BCUT2D eigenvalue weighted by molar-refractivity contribution is 0.607. The van der Waals surface area contributed by atoms with Crippen LogP contribution in [-0.4, -0.2) is 0 Å². The highest BCUT2D eigenvalue weighted by Gasteiger charge is 2.15. The average molecular weight is 343 g/mol. The van der Waals surface area contributed by atoms with Gasteiger partial charge >= 0.3 is 0 Å². The first-order valence-electron chi connectivity index (χ1n) is 10.4. The van der Waals surface area contributed by atoms with Crippen LogP contribution in [0.1, 0.15) is 62.1 Å². The van der Waals surface area contributed by atoms with Crippen LogP contribution in [0, 0.1) is 13.8 Å². The van der Waals surface area contributed by atoms with Gasteiger partial charge in [-0.05, 0) is 75.7 Å². The van der Waals surface area contributed by atoms with Gasteiger partial charge < -0.3 is 0 Å². The summed E-state index contributed by atoms with van der Waals surface area (Å²) in [6.45, 7) is 6.93. The Balaban J connectivity index is 1.78. The van der Waals surface area contributed by atoms with Gasteiger partial charge in [0.05, 0.1) is 0 Å². The van der Waals surface area contributed by atoms with Gasteiger partial charge in [-0.2, -0.15) is 0 Å². The Morgan fingerprint density at radius 2 is 1.27 bits per heavy atom. The maximum atomic E-state index is 2.38. The molecule has 0 saturated carbocycles. The van der Waals surface area contributed by atoms with Crippen LogP contribution >= 0.6 is 0 Å². The maximum absolute atomic E-state index is 2.38. The van der Waals surface area contributed by atoms with E-state index < -0.39 is 0 Å².